The molecule has 1 heterocycles. The van der Waals surface area contributed by atoms with Gasteiger partial charge in [-0.3, -0.25) is 4.68 Å². The van der Waals surface area contributed by atoms with Crippen molar-refractivity contribution in [2.24, 2.45) is 0 Å². The van der Waals surface area contributed by atoms with E-state index >= 15 is 0 Å². The third-order valence-corrected chi connectivity index (χ3v) is 2.74. The molecule has 0 atom stereocenters. The van der Waals surface area contributed by atoms with E-state index in [-0.39, 0.29) is 11.6 Å². The van der Waals surface area contributed by atoms with Gasteiger partial charge in [-0.1, -0.05) is 13.0 Å². The molecule has 0 bridgehead atoms. The third-order valence-electron chi connectivity index (χ3n) is 2.74. The minimum atomic E-state index is -0.361. The van der Waals surface area contributed by atoms with Crippen molar-refractivity contribution in [1.82, 2.24) is 15.1 Å². The summed E-state index contributed by atoms with van der Waals surface area (Å²) < 4.78 is 21.1. The molecule has 0 aliphatic carbocycles. The Morgan fingerprint density at radius 1 is 1.37 bits per heavy atom. The highest BCUT2D eigenvalue weighted by Crippen LogP contribution is 2.24. The second kappa shape index (κ2) is 6.33. The molecular formula is C14H18FN3O. The first kappa shape index (κ1) is 13.5. The SMILES string of the molecule is CCNCc1ccc(Oc2cnn(CC)c2)c(F)c1. The Balaban J connectivity index is 2.08. The van der Waals surface area contributed by atoms with Gasteiger partial charge in [0.05, 0.1) is 12.4 Å². The number of aromatic nitrogens is 2. The largest absolute Gasteiger partial charge is 0.451 e. The quantitative estimate of drug-likeness (QED) is 0.871. The predicted octanol–water partition coefficient (Wildman–Crippen LogP) is 2.94. The van der Waals surface area contributed by atoms with Gasteiger partial charge in [-0.15, -0.1) is 0 Å². The summed E-state index contributed by atoms with van der Waals surface area (Å²) in [5.74, 6) is 0.399. The number of nitrogens with zero attached hydrogens (tertiary/aromatic N) is 2. The van der Waals surface area contributed by atoms with Gasteiger partial charge in [0.2, 0.25) is 0 Å². The van der Waals surface area contributed by atoms with Crippen LogP contribution in [0.25, 0.3) is 0 Å². The van der Waals surface area contributed by atoms with Crippen LogP contribution in [0.4, 0.5) is 4.39 Å². The fraction of sp³-hybridized carbons (Fsp3) is 0.357. The summed E-state index contributed by atoms with van der Waals surface area (Å²) in [4.78, 5) is 0. The maximum Gasteiger partial charge on any atom is 0.166 e. The van der Waals surface area contributed by atoms with Gasteiger partial charge in [-0.05, 0) is 31.2 Å². The van der Waals surface area contributed by atoms with Gasteiger partial charge in [0.1, 0.15) is 0 Å². The van der Waals surface area contributed by atoms with Crippen molar-refractivity contribution in [3.8, 4) is 11.5 Å². The Morgan fingerprint density at radius 3 is 2.84 bits per heavy atom. The zero-order chi connectivity index (χ0) is 13.7. The summed E-state index contributed by atoms with van der Waals surface area (Å²) in [5.41, 5.74) is 0.899. The van der Waals surface area contributed by atoms with E-state index < -0.39 is 0 Å². The first-order valence-corrected chi connectivity index (χ1v) is 6.42. The summed E-state index contributed by atoms with van der Waals surface area (Å²) in [6, 6.07) is 4.98. The molecule has 0 aliphatic heterocycles. The zero-order valence-corrected chi connectivity index (χ0v) is 11.2. The van der Waals surface area contributed by atoms with Gasteiger partial charge in [0, 0.05) is 13.1 Å². The minimum Gasteiger partial charge on any atom is -0.451 e. The van der Waals surface area contributed by atoms with Crippen molar-refractivity contribution < 1.29 is 9.13 Å². The molecule has 0 saturated heterocycles. The fourth-order valence-electron chi connectivity index (χ4n) is 1.70. The van der Waals surface area contributed by atoms with Gasteiger partial charge in [-0.25, -0.2) is 4.39 Å². The smallest absolute Gasteiger partial charge is 0.166 e. The molecule has 0 saturated carbocycles. The number of nitrogens with one attached hydrogen (secondary N) is 1. The van der Waals surface area contributed by atoms with Crippen LogP contribution in [0.1, 0.15) is 19.4 Å². The normalized spacial score (nSPS) is 10.7. The molecule has 19 heavy (non-hydrogen) atoms. The van der Waals surface area contributed by atoms with Crippen LogP contribution in [0.15, 0.2) is 30.6 Å². The van der Waals surface area contributed by atoms with Crippen LogP contribution in [-0.4, -0.2) is 16.3 Å². The molecule has 102 valence electrons. The van der Waals surface area contributed by atoms with Crippen molar-refractivity contribution in [3.63, 3.8) is 0 Å². The highest BCUT2D eigenvalue weighted by atomic mass is 19.1. The van der Waals surface area contributed by atoms with E-state index in [4.69, 9.17) is 4.74 Å². The lowest BCUT2D eigenvalue weighted by Crippen LogP contribution is -2.11. The Bertz CT molecular complexity index is 539. The number of halogens is 1. The van der Waals surface area contributed by atoms with Crippen LogP contribution in [-0.2, 0) is 13.1 Å². The highest BCUT2D eigenvalue weighted by molar-refractivity contribution is 5.33. The molecule has 1 aromatic carbocycles. The van der Waals surface area contributed by atoms with E-state index in [9.17, 15) is 4.39 Å². The third kappa shape index (κ3) is 3.54. The number of hydrogen-bond acceptors (Lipinski definition) is 3. The standard InChI is InChI=1S/C14H18FN3O/c1-3-16-8-11-5-6-14(13(15)7-11)19-12-9-17-18(4-2)10-12/h5-7,9-10,16H,3-4,8H2,1-2H3. The van der Waals surface area contributed by atoms with Crippen LogP contribution < -0.4 is 10.1 Å². The number of aryl methyl sites for hydroxylation is 1. The molecule has 0 radical (unpaired) electrons. The van der Waals surface area contributed by atoms with Crippen LogP contribution in [0, 0.1) is 5.82 Å². The Morgan fingerprint density at radius 2 is 2.21 bits per heavy atom. The first-order chi connectivity index (χ1) is 9.22. The molecular weight excluding hydrogens is 245 g/mol. The van der Waals surface area contributed by atoms with Crippen LogP contribution in [0.5, 0.6) is 11.5 Å². The summed E-state index contributed by atoms with van der Waals surface area (Å²) in [5, 5.41) is 7.23. The van der Waals surface area contributed by atoms with Crippen molar-refractivity contribution >= 4 is 0 Å². The lowest BCUT2D eigenvalue weighted by Gasteiger charge is -2.07. The summed E-state index contributed by atoms with van der Waals surface area (Å²) >= 11 is 0. The lowest BCUT2D eigenvalue weighted by molar-refractivity contribution is 0.440. The molecule has 0 fully saturated rings. The fourth-order valence-corrected chi connectivity index (χ4v) is 1.70. The lowest BCUT2D eigenvalue weighted by atomic mass is 10.2. The molecule has 0 spiro atoms. The van der Waals surface area contributed by atoms with Gasteiger partial charge in [-0.2, -0.15) is 5.10 Å². The maximum absolute atomic E-state index is 13.9. The summed E-state index contributed by atoms with van der Waals surface area (Å²) in [6.07, 6.45) is 3.32. The topological polar surface area (TPSA) is 39.1 Å². The zero-order valence-electron chi connectivity index (χ0n) is 11.2. The number of rotatable bonds is 6. The molecule has 1 aromatic heterocycles. The van der Waals surface area contributed by atoms with Gasteiger partial charge >= 0.3 is 0 Å². The van der Waals surface area contributed by atoms with Crippen molar-refractivity contribution in [3.05, 3.63) is 42.0 Å². The monoisotopic (exact) mass is 263 g/mol. The van der Waals surface area contributed by atoms with E-state index in [1.165, 1.54) is 6.07 Å². The van der Waals surface area contributed by atoms with Gasteiger partial charge < -0.3 is 10.1 Å². The number of benzene rings is 1. The van der Waals surface area contributed by atoms with Crippen molar-refractivity contribution in [2.75, 3.05) is 6.54 Å². The molecule has 2 aromatic rings. The van der Waals surface area contributed by atoms with Gasteiger partial charge in [0.25, 0.3) is 0 Å². The van der Waals surface area contributed by atoms with E-state index in [1.807, 2.05) is 19.9 Å². The summed E-state index contributed by atoms with van der Waals surface area (Å²) in [6.45, 7) is 6.26. The molecule has 2 rings (SSSR count). The molecule has 0 amide bonds. The summed E-state index contributed by atoms with van der Waals surface area (Å²) in [7, 11) is 0. The van der Waals surface area contributed by atoms with Crippen LogP contribution in [0.2, 0.25) is 0 Å². The molecule has 5 heteroatoms. The highest BCUT2D eigenvalue weighted by Gasteiger charge is 2.07. The van der Waals surface area contributed by atoms with E-state index in [0.717, 1.165) is 18.7 Å². The minimum absolute atomic E-state index is 0.218. The predicted molar refractivity (Wildman–Crippen MR) is 71.8 cm³/mol. The number of hydrogen-bond donors (Lipinski definition) is 1. The van der Waals surface area contributed by atoms with Gasteiger partial charge in [0.15, 0.2) is 17.3 Å². The van der Waals surface area contributed by atoms with Crippen LogP contribution in [0.3, 0.4) is 0 Å². The second-order valence-electron chi connectivity index (χ2n) is 4.18. The second-order valence-corrected chi connectivity index (χ2v) is 4.18. The molecule has 0 unspecified atom stereocenters. The van der Waals surface area contributed by atoms with E-state index in [1.54, 1.807) is 23.1 Å². The molecule has 1 N–H and O–H groups in total. The van der Waals surface area contributed by atoms with Crippen molar-refractivity contribution in [1.29, 1.82) is 0 Å². The maximum atomic E-state index is 13.9. The van der Waals surface area contributed by atoms with Crippen molar-refractivity contribution in [2.45, 2.75) is 26.9 Å². The molecule has 0 aliphatic rings. The first-order valence-electron chi connectivity index (χ1n) is 6.42. The van der Waals surface area contributed by atoms with Crippen LogP contribution >= 0.6 is 0 Å². The number of ether oxygens (including phenoxy) is 1. The molecule has 4 nitrogen and oxygen atoms in total. The van der Waals surface area contributed by atoms with E-state index in [0.29, 0.717) is 12.3 Å². The average Bonchev–Trinajstić information content (AvgIpc) is 2.87. The van der Waals surface area contributed by atoms with E-state index in [2.05, 4.69) is 10.4 Å². The average molecular weight is 263 g/mol. The Hall–Kier alpha value is -1.88. The Labute approximate surface area is 112 Å². The Kier molecular flexibility index (Phi) is 4.52.